The van der Waals surface area contributed by atoms with E-state index in [-0.39, 0.29) is 19.2 Å². The van der Waals surface area contributed by atoms with E-state index in [0.29, 0.717) is 22.6 Å². The molecule has 1 unspecified atom stereocenters. The number of imide groups is 1. The summed E-state index contributed by atoms with van der Waals surface area (Å²) in [5, 5.41) is 6.68. The molecule has 3 heterocycles. The molecule has 31 heavy (non-hydrogen) atoms. The minimum Gasteiger partial charge on any atom is -0.490 e. The van der Waals surface area contributed by atoms with Gasteiger partial charge in [0.05, 0.1) is 17.7 Å². The standard InChI is InChI=1S/C23H19N3O5/c1-13-8-15-9-14(6-7-19(15)30-13)20-10-16(25-31-20)11-24-21(27)12-26-22(28)17-4-2-3-5-18(17)23(26)29/h2-7,9-10,13H,8,11-12H2,1H3,(H,24,27). The van der Waals surface area contributed by atoms with Gasteiger partial charge >= 0.3 is 0 Å². The molecule has 8 nitrogen and oxygen atoms in total. The molecule has 156 valence electrons. The third kappa shape index (κ3) is 3.46. The zero-order valence-corrected chi connectivity index (χ0v) is 16.8. The number of carbonyl (C=O) groups is 3. The fraction of sp³-hybridized carbons (Fsp3) is 0.217. The second-order valence-corrected chi connectivity index (χ2v) is 7.66. The van der Waals surface area contributed by atoms with E-state index in [1.165, 1.54) is 0 Å². The first-order valence-electron chi connectivity index (χ1n) is 9.97. The van der Waals surface area contributed by atoms with Crippen molar-refractivity contribution in [3.63, 3.8) is 0 Å². The average Bonchev–Trinajstić information content (AvgIpc) is 3.45. The van der Waals surface area contributed by atoms with Gasteiger partial charge < -0.3 is 14.6 Å². The summed E-state index contributed by atoms with van der Waals surface area (Å²) in [5.74, 6) is 0.0924. The van der Waals surface area contributed by atoms with Gasteiger partial charge in [0.1, 0.15) is 24.1 Å². The van der Waals surface area contributed by atoms with Crippen molar-refractivity contribution in [2.45, 2.75) is 26.0 Å². The molecule has 0 saturated heterocycles. The lowest BCUT2D eigenvalue weighted by Crippen LogP contribution is -2.40. The average molecular weight is 417 g/mol. The number of ether oxygens (including phenoxy) is 1. The number of benzene rings is 2. The third-order valence-electron chi connectivity index (χ3n) is 5.39. The number of rotatable bonds is 5. The topological polar surface area (TPSA) is 102 Å². The molecule has 1 aromatic heterocycles. The van der Waals surface area contributed by atoms with E-state index in [2.05, 4.69) is 10.5 Å². The van der Waals surface area contributed by atoms with Crippen LogP contribution in [0.2, 0.25) is 0 Å². The highest BCUT2D eigenvalue weighted by atomic mass is 16.5. The highest BCUT2D eigenvalue weighted by Gasteiger charge is 2.36. The van der Waals surface area contributed by atoms with Gasteiger partial charge in [0.2, 0.25) is 5.91 Å². The molecule has 2 aliphatic rings. The quantitative estimate of drug-likeness (QED) is 0.641. The van der Waals surface area contributed by atoms with Crippen molar-refractivity contribution in [2.24, 2.45) is 0 Å². The largest absolute Gasteiger partial charge is 0.490 e. The van der Waals surface area contributed by atoms with Crippen molar-refractivity contribution in [3.05, 3.63) is 70.9 Å². The van der Waals surface area contributed by atoms with Crippen LogP contribution < -0.4 is 10.1 Å². The number of nitrogens with one attached hydrogen (secondary N) is 1. The Morgan fingerprint density at radius 2 is 1.87 bits per heavy atom. The fourth-order valence-corrected chi connectivity index (χ4v) is 3.88. The molecular formula is C23H19N3O5. The van der Waals surface area contributed by atoms with E-state index < -0.39 is 17.7 Å². The van der Waals surface area contributed by atoms with E-state index in [1.54, 1.807) is 30.3 Å². The highest BCUT2D eigenvalue weighted by Crippen LogP contribution is 2.33. The molecule has 0 saturated carbocycles. The summed E-state index contributed by atoms with van der Waals surface area (Å²) in [6.45, 7) is 1.80. The number of hydrogen-bond donors (Lipinski definition) is 1. The van der Waals surface area contributed by atoms with Gasteiger partial charge in [-0.25, -0.2) is 0 Å². The number of carbonyl (C=O) groups excluding carboxylic acids is 3. The Labute approximate surface area is 177 Å². The first-order valence-corrected chi connectivity index (χ1v) is 9.97. The van der Waals surface area contributed by atoms with Gasteiger partial charge in [-0.15, -0.1) is 0 Å². The molecule has 0 fully saturated rings. The van der Waals surface area contributed by atoms with Gasteiger partial charge in [0, 0.05) is 18.1 Å². The molecule has 2 aromatic carbocycles. The Hall–Kier alpha value is -3.94. The summed E-state index contributed by atoms with van der Waals surface area (Å²) < 4.78 is 11.1. The lowest BCUT2D eigenvalue weighted by atomic mass is 10.1. The van der Waals surface area contributed by atoms with Crippen molar-refractivity contribution in [2.75, 3.05) is 6.54 Å². The summed E-state index contributed by atoms with van der Waals surface area (Å²) >= 11 is 0. The van der Waals surface area contributed by atoms with Crippen molar-refractivity contribution in [3.8, 4) is 17.1 Å². The SMILES string of the molecule is CC1Cc2cc(-c3cc(CNC(=O)CN4C(=O)c5ccccc5C4=O)no3)ccc2O1. The van der Waals surface area contributed by atoms with Crippen LogP contribution in [0.3, 0.4) is 0 Å². The van der Waals surface area contributed by atoms with E-state index in [9.17, 15) is 14.4 Å². The van der Waals surface area contributed by atoms with Gasteiger partial charge in [-0.1, -0.05) is 17.3 Å². The first kappa shape index (κ1) is 19.0. The van der Waals surface area contributed by atoms with Crippen LogP contribution in [0.5, 0.6) is 5.75 Å². The van der Waals surface area contributed by atoms with Crippen LogP contribution in [-0.4, -0.2) is 40.4 Å². The van der Waals surface area contributed by atoms with E-state index >= 15 is 0 Å². The maximum absolute atomic E-state index is 12.4. The Kier molecular flexibility index (Phi) is 4.54. The summed E-state index contributed by atoms with van der Waals surface area (Å²) in [6.07, 6.45) is 1.01. The Morgan fingerprint density at radius 1 is 1.13 bits per heavy atom. The lowest BCUT2D eigenvalue weighted by Gasteiger charge is -2.13. The molecule has 0 radical (unpaired) electrons. The van der Waals surface area contributed by atoms with E-state index in [1.807, 2.05) is 25.1 Å². The van der Waals surface area contributed by atoms with Crippen molar-refractivity contribution >= 4 is 17.7 Å². The van der Waals surface area contributed by atoms with Gasteiger partial charge in [-0.05, 0) is 42.8 Å². The Morgan fingerprint density at radius 3 is 2.61 bits per heavy atom. The van der Waals surface area contributed by atoms with Crippen LogP contribution in [0.25, 0.3) is 11.3 Å². The molecule has 0 bridgehead atoms. The summed E-state index contributed by atoms with van der Waals surface area (Å²) in [6, 6.07) is 14.1. The molecule has 3 amide bonds. The minimum absolute atomic E-state index is 0.122. The monoisotopic (exact) mass is 417 g/mol. The molecule has 0 spiro atoms. The maximum atomic E-state index is 12.4. The van der Waals surface area contributed by atoms with Crippen molar-refractivity contribution in [1.29, 1.82) is 0 Å². The molecule has 1 atom stereocenters. The van der Waals surface area contributed by atoms with E-state index in [0.717, 1.165) is 28.2 Å². The molecule has 2 aliphatic heterocycles. The minimum atomic E-state index is -0.464. The summed E-state index contributed by atoms with van der Waals surface area (Å²) in [4.78, 5) is 38.0. The second-order valence-electron chi connectivity index (χ2n) is 7.66. The highest BCUT2D eigenvalue weighted by molar-refractivity contribution is 6.22. The second kappa shape index (κ2) is 7.39. The fourth-order valence-electron chi connectivity index (χ4n) is 3.88. The molecule has 3 aromatic rings. The Balaban J connectivity index is 1.21. The first-order chi connectivity index (χ1) is 15.0. The zero-order chi connectivity index (χ0) is 21.5. The predicted molar refractivity (Wildman–Crippen MR) is 109 cm³/mol. The third-order valence-corrected chi connectivity index (χ3v) is 5.39. The van der Waals surface area contributed by atoms with Crippen LogP contribution in [-0.2, 0) is 17.8 Å². The number of aromatic nitrogens is 1. The number of fused-ring (bicyclic) bond motifs is 2. The molecule has 1 N–H and O–H groups in total. The lowest BCUT2D eigenvalue weighted by molar-refractivity contribution is -0.121. The van der Waals surface area contributed by atoms with Crippen LogP contribution in [0.15, 0.2) is 53.1 Å². The van der Waals surface area contributed by atoms with Crippen LogP contribution in [0.4, 0.5) is 0 Å². The van der Waals surface area contributed by atoms with Gasteiger partial charge in [-0.3, -0.25) is 19.3 Å². The number of nitrogens with zero attached hydrogens (tertiary/aromatic N) is 2. The smallest absolute Gasteiger partial charge is 0.262 e. The van der Waals surface area contributed by atoms with Crippen LogP contribution >= 0.6 is 0 Å². The maximum Gasteiger partial charge on any atom is 0.262 e. The summed E-state index contributed by atoms with van der Waals surface area (Å²) in [5.41, 5.74) is 3.17. The van der Waals surface area contributed by atoms with Gasteiger partial charge in [-0.2, -0.15) is 0 Å². The van der Waals surface area contributed by atoms with Gasteiger partial charge in [0.15, 0.2) is 5.76 Å². The Bertz CT molecular complexity index is 1180. The van der Waals surface area contributed by atoms with Crippen LogP contribution in [0.1, 0.15) is 38.9 Å². The van der Waals surface area contributed by atoms with Crippen LogP contribution in [0, 0.1) is 0 Å². The number of hydrogen-bond acceptors (Lipinski definition) is 6. The molecule has 0 aliphatic carbocycles. The zero-order valence-electron chi connectivity index (χ0n) is 16.8. The molecule has 8 heteroatoms. The predicted octanol–water partition coefficient (Wildman–Crippen LogP) is 2.58. The van der Waals surface area contributed by atoms with E-state index in [4.69, 9.17) is 9.26 Å². The number of amides is 3. The summed E-state index contributed by atoms with van der Waals surface area (Å²) in [7, 11) is 0. The van der Waals surface area contributed by atoms with Crippen molar-refractivity contribution in [1.82, 2.24) is 15.4 Å². The van der Waals surface area contributed by atoms with Crippen molar-refractivity contribution < 1.29 is 23.6 Å². The molecule has 5 rings (SSSR count). The van der Waals surface area contributed by atoms with Gasteiger partial charge in [0.25, 0.3) is 11.8 Å². The molecular weight excluding hydrogens is 398 g/mol. The normalized spacial score (nSPS) is 16.8.